The number of carbonyl (C=O) groups is 2. The summed E-state index contributed by atoms with van der Waals surface area (Å²) < 4.78 is 0. The van der Waals surface area contributed by atoms with E-state index < -0.39 is 0 Å². The average molecular weight is 485 g/mol. The lowest BCUT2D eigenvalue weighted by atomic mass is 10.1. The van der Waals surface area contributed by atoms with Crippen LogP contribution in [-0.2, 0) is 9.68 Å². The van der Waals surface area contributed by atoms with E-state index in [-0.39, 0.29) is 11.8 Å². The summed E-state index contributed by atoms with van der Waals surface area (Å²) in [6, 6.07) is 18.4. The van der Waals surface area contributed by atoms with Gasteiger partial charge in [-0.05, 0) is 36.4 Å². The van der Waals surface area contributed by atoms with Crippen LogP contribution in [0, 0.1) is 0 Å². The first-order valence-corrected chi connectivity index (χ1v) is 11.1. The molecule has 0 radical (unpaired) electrons. The molecule has 0 aliphatic rings. The normalized spacial score (nSPS) is 11.2. The first-order chi connectivity index (χ1) is 17.4. The van der Waals surface area contributed by atoms with E-state index in [0.717, 1.165) is 33.2 Å². The highest BCUT2D eigenvalue weighted by Gasteiger charge is 2.15. The topological polar surface area (TPSA) is 116 Å². The number of fused-ring (bicyclic) bond motifs is 2. The first-order valence-electron chi connectivity index (χ1n) is 11.1. The van der Waals surface area contributed by atoms with Gasteiger partial charge in [-0.3, -0.25) is 19.3 Å². The average Bonchev–Trinajstić information content (AvgIpc) is 3.54. The number of aromatic amines is 2. The van der Waals surface area contributed by atoms with Gasteiger partial charge in [0.15, 0.2) is 0 Å². The van der Waals surface area contributed by atoms with Crippen LogP contribution in [-0.4, -0.2) is 70.2 Å². The number of hydrogen-bond donors (Lipinski definition) is 2. The Bertz CT molecular complexity index is 1470. The number of hydroxylamine groups is 4. The number of carbonyl (C=O) groups excluding carboxylic acids is 2. The smallest absolute Gasteiger partial charge is 0.277 e. The van der Waals surface area contributed by atoms with Gasteiger partial charge < -0.3 is 9.97 Å². The van der Waals surface area contributed by atoms with Crippen LogP contribution >= 0.6 is 0 Å². The maximum absolute atomic E-state index is 12.4. The molecule has 2 amide bonds. The first kappa shape index (κ1) is 23.2. The molecule has 36 heavy (non-hydrogen) atoms. The molecule has 5 rings (SSSR count). The summed E-state index contributed by atoms with van der Waals surface area (Å²) >= 11 is 0. The lowest BCUT2D eigenvalue weighted by molar-refractivity contribution is -0.0757. The minimum absolute atomic E-state index is 0.243. The third-order valence-electron chi connectivity index (χ3n) is 6.01. The Morgan fingerprint density at radius 2 is 1.06 bits per heavy atom. The van der Waals surface area contributed by atoms with Crippen LogP contribution in [0.5, 0.6) is 0 Å². The predicted octanol–water partition coefficient (Wildman–Crippen LogP) is 4.04. The zero-order chi connectivity index (χ0) is 25.4. The van der Waals surface area contributed by atoms with Gasteiger partial charge in [0.05, 0.1) is 36.3 Å². The van der Waals surface area contributed by atoms with Crippen molar-refractivity contribution < 1.29 is 19.3 Å². The van der Waals surface area contributed by atoms with Crippen molar-refractivity contribution in [3.05, 3.63) is 71.8 Å². The summed E-state index contributed by atoms with van der Waals surface area (Å²) in [6.45, 7) is 0. The molecule has 0 atom stereocenters. The summed E-state index contributed by atoms with van der Waals surface area (Å²) in [5.41, 5.74) is 5.81. The monoisotopic (exact) mass is 484 g/mol. The standard InChI is InChI=1S/C26H24N6O4/c1-31(35-3)25(33)17-9-11-19-21(13-17)29-23(27-19)15-5-7-16(8-6-15)24-28-20-12-10-18(14-22(20)30-24)26(34)32(2)36-4/h5-14H,1-4H3,(H,27,29)(H,28,30). The number of imidazole rings is 2. The molecule has 0 unspecified atom stereocenters. The molecule has 0 aliphatic heterocycles. The second kappa shape index (κ2) is 9.25. The third kappa shape index (κ3) is 4.19. The van der Waals surface area contributed by atoms with Crippen molar-refractivity contribution >= 4 is 33.9 Å². The molecule has 2 heterocycles. The molecule has 5 aromatic rings. The summed E-state index contributed by atoms with van der Waals surface area (Å²) in [6.07, 6.45) is 0. The zero-order valence-electron chi connectivity index (χ0n) is 20.2. The van der Waals surface area contributed by atoms with Crippen molar-refractivity contribution in [2.75, 3.05) is 28.3 Å². The summed E-state index contributed by atoms with van der Waals surface area (Å²) in [5, 5.41) is 2.35. The van der Waals surface area contributed by atoms with E-state index in [0.29, 0.717) is 22.8 Å². The molecule has 0 fully saturated rings. The summed E-state index contributed by atoms with van der Waals surface area (Å²) in [7, 11) is 6.01. The lowest BCUT2D eigenvalue weighted by Gasteiger charge is -2.13. The van der Waals surface area contributed by atoms with Crippen LogP contribution in [0.3, 0.4) is 0 Å². The number of benzene rings is 3. The number of aromatic nitrogens is 4. The number of nitrogens with one attached hydrogen (secondary N) is 2. The fourth-order valence-electron chi connectivity index (χ4n) is 3.87. The highest BCUT2D eigenvalue weighted by Crippen LogP contribution is 2.26. The van der Waals surface area contributed by atoms with Crippen LogP contribution in [0.1, 0.15) is 20.7 Å². The van der Waals surface area contributed by atoms with Gasteiger partial charge in [0.2, 0.25) is 0 Å². The van der Waals surface area contributed by atoms with Gasteiger partial charge >= 0.3 is 0 Å². The molecular weight excluding hydrogens is 460 g/mol. The molecule has 0 aliphatic carbocycles. The van der Waals surface area contributed by atoms with Crippen molar-refractivity contribution in [1.82, 2.24) is 30.1 Å². The van der Waals surface area contributed by atoms with E-state index in [9.17, 15) is 9.59 Å². The quantitative estimate of drug-likeness (QED) is 0.352. The van der Waals surface area contributed by atoms with E-state index >= 15 is 0 Å². The minimum Gasteiger partial charge on any atom is -0.338 e. The molecule has 0 saturated heterocycles. The van der Waals surface area contributed by atoms with Crippen molar-refractivity contribution in [1.29, 1.82) is 0 Å². The van der Waals surface area contributed by atoms with Crippen LogP contribution in [0.15, 0.2) is 60.7 Å². The van der Waals surface area contributed by atoms with E-state index in [1.54, 1.807) is 50.5 Å². The predicted molar refractivity (Wildman–Crippen MR) is 135 cm³/mol. The van der Waals surface area contributed by atoms with Crippen LogP contribution in [0.25, 0.3) is 44.8 Å². The molecular formula is C26H24N6O4. The third-order valence-corrected chi connectivity index (χ3v) is 6.01. The Kier molecular flexibility index (Phi) is 5.96. The Labute approximate surface area is 206 Å². The van der Waals surface area contributed by atoms with Gasteiger partial charge in [-0.1, -0.05) is 24.3 Å². The van der Waals surface area contributed by atoms with Crippen LogP contribution in [0.4, 0.5) is 0 Å². The van der Waals surface area contributed by atoms with Gasteiger partial charge in [0.1, 0.15) is 11.6 Å². The lowest BCUT2D eigenvalue weighted by Crippen LogP contribution is -2.25. The molecule has 2 aromatic heterocycles. The maximum Gasteiger partial charge on any atom is 0.277 e. The Hall–Kier alpha value is -4.54. The molecule has 0 bridgehead atoms. The molecule has 0 saturated carbocycles. The fraction of sp³-hybridized carbons (Fsp3) is 0.154. The molecule has 3 aromatic carbocycles. The second-order valence-corrected chi connectivity index (χ2v) is 8.18. The number of nitrogens with zero attached hydrogens (tertiary/aromatic N) is 4. The molecule has 10 nitrogen and oxygen atoms in total. The van der Waals surface area contributed by atoms with E-state index in [1.165, 1.54) is 24.3 Å². The Morgan fingerprint density at radius 1 is 0.667 bits per heavy atom. The number of hydrogen-bond acceptors (Lipinski definition) is 6. The molecule has 182 valence electrons. The zero-order valence-corrected chi connectivity index (χ0v) is 20.2. The van der Waals surface area contributed by atoms with Crippen molar-refractivity contribution in [3.63, 3.8) is 0 Å². The summed E-state index contributed by atoms with van der Waals surface area (Å²) in [4.78, 5) is 50.6. The maximum atomic E-state index is 12.4. The number of rotatable bonds is 6. The van der Waals surface area contributed by atoms with Crippen LogP contribution < -0.4 is 0 Å². The Balaban J connectivity index is 1.40. The van der Waals surface area contributed by atoms with Gasteiger partial charge in [-0.15, -0.1) is 0 Å². The van der Waals surface area contributed by atoms with Gasteiger partial charge in [0.25, 0.3) is 11.8 Å². The number of amides is 2. The molecule has 2 N–H and O–H groups in total. The highest BCUT2D eigenvalue weighted by molar-refractivity contribution is 5.98. The van der Waals surface area contributed by atoms with E-state index in [2.05, 4.69) is 19.9 Å². The molecule has 10 heteroatoms. The van der Waals surface area contributed by atoms with E-state index in [4.69, 9.17) is 9.68 Å². The van der Waals surface area contributed by atoms with Crippen LogP contribution in [0.2, 0.25) is 0 Å². The second-order valence-electron chi connectivity index (χ2n) is 8.18. The van der Waals surface area contributed by atoms with Gasteiger partial charge in [-0.25, -0.2) is 20.1 Å². The number of H-pyrrole nitrogens is 2. The van der Waals surface area contributed by atoms with Crippen molar-refractivity contribution in [2.45, 2.75) is 0 Å². The van der Waals surface area contributed by atoms with Crippen molar-refractivity contribution in [3.8, 4) is 22.8 Å². The summed E-state index contributed by atoms with van der Waals surface area (Å²) in [5.74, 6) is 0.897. The van der Waals surface area contributed by atoms with Crippen molar-refractivity contribution in [2.24, 2.45) is 0 Å². The highest BCUT2D eigenvalue weighted by atomic mass is 16.7. The SMILES string of the molecule is CON(C)C(=O)c1ccc2nc(-c3ccc(-c4nc5ccc(C(=O)N(C)OC)cc5[nH]4)cc3)[nH]c2c1. The fourth-order valence-corrected chi connectivity index (χ4v) is 3.87. The largest absolute Gasteiger partial charge is 0.338 e. The minimum atomic E-state index is -0.243. The Morgan fingerprint density at radius 3 is 1.42 bits per heavy atom. The van der Waals surface area contributed by atoms with Gasteiger partial charge in [0, 0.05) is 36.3 Å². The van der Waals surface area contributed by atoms with E-state index in [1.807, 2.05) is 24.3 Å². The molecule has 0 spiro atoms. The van der Waals surface area contributed by atoms with Gasteiger partial charge in [-0.2, -0.15) is 0 Å².